The molecular weight excluding hydrogens is 296 g/mol. The fraction of sp³-hybridized carbons (Fsp3) is 0.182. The maximum Gasteiger partial charge on any atom is 0.0361 e. The number of thiophene rings is 1. The van der Waals surface area contributed by atoms with E-state index in [4.69, 9.17) is 0 Å². The van der Waals surface area contributed by atoms with E-state index in [-0.39, 0.29) is 5.41 Å². The third kappa shape index (κ3) is 1.66. The van der Waals surface area contributed by atoms with Crippen LogP contribution in [0, 0.1) is 6.92 Å². The molecule has 1 heteroatoms. The zero-order chi connectivity index (χ0) is 15.8. The standard InChI is InChI=1S/C22H18S/c1-13-8-9-14-16-12-21-17(15-6-4-5-7-20(15)23-21)11-19(16)22(2,3)18(14)10-13/h4-12H,1-3H3. The molecule has 0 fully saturated rings. The van der Waals surface area contributed by atoms with Crippen LogP contribution in [0.3, 0.4) is 0 Å². The Balaban J connectivity index is 1.92. The van der Waals surface area contributed by atoms with Crippen LogP contribution in [0.5, 0.6) is 0 Å². The van der Waals surface area contributed by atoms with Gasteiger partial charge in [-0.3, -0.25) is 0 Å². The molecule has 4 aromatic rings. The molecular formula is C22H18S. The van der Waals surface area contributed by atoms with Gasteiger partial charge in [0.1, 0.15) is 0 Å². The number of hydrogen-bond donors (Lipinski definition) is 0. The molecule has 1 aliphatic carbocycles. The van der Waals surface area contributed by atoms with Crippen LogP contribution in [0.4, 0.5) is 0 Å². The van der Waals surface area contributed by atoms with Crippen LogP contribution in [0.1, 0.15) is 30.5 Å². The van der Waals surface area contributed by atoms with Crippen LogP contribution >= 0.6 is 11.3 Å². The highest BCUT2D eigenvalue weighted by molar-refractivity contribution is 7.25. The molecule has 0 nitrogen and oxygen atoms in total. The van der Waals surface area contributed by atoms with E-state index in [0.29, 0.717) is 0 Å². The average molecular weight is 314 g/mol. The zero-order valence-corrected chi connectivity index (χ0v) is 14.4. The first kappa shape index (κ1) is 13.3. The number of fused-ring (bicyclic) bond motifs is 6. The first-order valence-corrected chi connectivity index (χ1v) is 8.94. The summed E-state index contributed by atoms with van der Waals surface area (Å²) in [5, 5.41) is 2.79. The summed E-state index contributed by atoms with van der Waals surface area (Å²) < 4.78 is 2.78. The Hall–Kier alpha value is -2.12. The molecule has 23 heavy (non-hydrogen) atoms. The van der Waals surface area contributed by atoms with Gasteiger partial charge in [0.25, 0.3) is 0 Å². The lowest BCUT2D eigenvalue weighted by Crippen LogP contribution is -2.15. The van der Waals surface area contributed by atoms with E-state index >= 15 is 0 Å². The Morgan fingerprint density at radius 2 is 1.52 bits per heavy atom. The third-order valence-corrected chi connectivity index (χ3v) is 6.46. The highest BCUT2D eigenvalue weighted by Gasteiger charge is 2.35. The second kappa shape index (κ2) is 4.24. The van der Waals surface area contributed by atoms with Gasteiger partial charge in [0, 0.05) is 25.6 Å². The third-order valence-electron chi connectivity index (χ3n) is 5.33. The van der Waals surface area contributed by atoms with Crippen LogP contribution in [0.15, 0.2) is 54.6 Å². The van der Waals surface area contributed by atoms with Crippen LogP contribution in [0.2, 0.25) is 0 Å². The van der Waals surface area contributed by atoms with Gasteiger partial charge in [-0.1, -0.05) is 55.8 Å². The van der Waals surface area contributed by atoms with Crippen molar-refractivity contribution in [3.8, 4) is 11.1 Å². The minimum Gasteiger partial charge on any atom is -0.135 e. The van der Waals surface area contributed by atoms with E-state index in [0.717, 1.165) is 0 Å². The molecule has 0 radical (unpaired) electrons. The van der Waals surface area contributed by atoms with Gasteiger partial charge in [-0.25, -0.2) is 0 Å². The van der Waals surface area contributed by atoms with Crippen LogP contribution < -0.4 is 0 Å². The normalized spacial score (nSPS) is 15.1. The Kier molecular flexibility index (Phi) is 2.46. The molecule has 5 rings (SSSR count). The first-order chi connectivity index (χ1) is 11.1. The van der Waals surface area contributed by atoms with Crippen molar-refractivity contribution < 1.29 is 0 Å². The second-order valence-corrected chi connectivity index (χ2v) is 8.25. The highest BCUT2D eigenvalue weighted by Crippen LogP contribution is 2.51. The Morgan fingerprint density at radius 3 is 2.39 bits per heavy atom. The van der Waals surface area contributed by atoms with Crippen molar-refractivity contribution in [1.29, 1.82) is 0 Å². The predicted octanol–water partition coefficient (Wildman–Crippen LogP) is 6.67. The first-order valence-electron chi connectivity index (χ1n) is 8.13. The van der Waals surface area contributed by atoms with Gasteiger partial charge < -0.3 is 0 Å². The van der Waals surface area contributed by atoms with E-state index in [2.05, 4.69) is 75.4 Å². The molecule has 3 aromatic carbocycles. The highest BCUT2D eigenvalue weighted by atomic mass is 32.1. The molecule has 0 saturated heterocycles. The number of benzene rings is 3. The molecule has 112 valence electrons. The molecule has 0 bridgehead atoms. The van der Waals surface area contributed by atoms with Crippen molar-refractivity contribution in [2.24, 2.45) is 0 Å². The van der Waals surface area contributed by atoms with Crippen molar-refractivity contribution in [1.82, 2.24) is 0 Å². The van der Waals surface area contributed by atoms with Gasteiger partial charge in [-0.2, -0.15) is 0 Å². The molecule has 1 aromatic heterocycles. The molecule has 1 aliphatic rings. The van der Waals surface area contributed by atoms with Crippen LogP contribution in [-0.2, 0) is 5.41 Å². The Morgan fingerprint density at radius 1 is 0.739 bits per heavy atom. The summed E-state index contributed by atoms with van der Waals surface area (Å²) in [5.74, 6) is 0. The van der Waals surface area contributed by atoms with E-state index in [1.165, 1.54) is 48.0 Å². The topological polar surface area (TPSA) is 0 Å². The molecule has 0 atom stereocenters. The minimum absolute atomic E-state index is 0.0773. The second-order valence-electron chi connectivity index (χ2n) is 7.17. The fourth-order valence-corrected chi connectivity index (χ4v) is 5.19. The van der Waals surface area contributed by atoms with Crippen molar-refractivity contribution in [2.75, 3.05) is 0 Å². The van der Waals surface area contributed by atoms with Gasteiger partial charge in [0.15, 0.2) is 0 Å². The summed E-state index contributed by atoms with van der Waals surface area (Å²) in [4.78, 5) is 0. The SMILES string of the molecule is Cc1ccc2c(c1)C(C)(C)c1cc3c(cc1-2)sc1ccccc13. The molecule has 0 N–H and O–H groups in total. The lowest BCUT2D eigenvalue weighted by atomic mass is 9.81. The predicted molar refractivity (Wildman–Crippen MR) is 102 cm³/mol. The maximum atomic E-state index is 2.44. The molecule has 0 saturated carbocycles. The lowest BCUT2D eigenvalue weighted by molar-refractivity contribution is 0.660. The minimum atomic E-state index is 0.0773. The molecule has 0 spiro atoms. The summed E-state index contributed by atoms with van der Waals surface area (Å²) in [5.41, 5.74) is 7.19. The van der Waals surface area contributed by atoms with Crippen molar-refractivity contribution >= 4 is 31.5 Å². The summed E-state index contributed by atoms with van der Waals surface area (Å²) in [7, 11) is 0. The van der Waals surface area contributed by atoms with Gasteiger partial charge in [0.2, 0.25) is 0 Å². The van der Waals surface area contributed by atoms with Crippen molar-refractivity contribution in [3.63, 3.8) is 0 Å². The number of hydrogen-bond acceptors (Lipinski definition) is 1. The maximum absolute atomic E-state index is 2.44. The average Bonchev–Trinajstić information content (AvgIpc) is 3.00. The lowest BCUT2D eigenvalue weighted by Gasteiger charge is -2.21. The van der Waals surface area contributed by atoms with Crippen LogP contribution in [0.25, 0.3) is 31.3 Å². The van der Waals surface area contributed by atoms with E-state index in [9.17, 15) is 0 Å². The van der Waals surface area contributed by atoms with E-state index in [1.54, 1.807) is 0 Å². The van der Waals surface area contributed by atoms with E-state index in [1.807, 2.05) is 11.3 Å². The Labute approximate surface area is 140 Å². The van der Waals surface area contributed by atoms with Gasteiger partial charge >= 0.3 is 0 Å². The van der Waals surface area contributed by atoms with Crippen molar-refractivity contribution in [2.45, 2.75) is 26.2 Å². The fourth-order valence-electron chi connectivity index (χ4n) is 4.07. The molecule has 0 aliphatic heterocycles. The van der Waals surface area contributed by atoms with Gasteiger partial charge in [-0.15, -0.1) is 11.3 Å². The summed E-state index contributed by atoms with van der Waals surface area (Å²) in [6, 6.07) is 20.5. The van der Waals surface area contributed by atoms with Gasteiger partial charge in [-0.05, 0) is 47.4 Å². The number of aryl methyl sites for hydroxylation is 1. The monoisotopic (exact) mass is 314 g/mol. The van der Waals surface area contributed by atoms with Crippen molar-refractivity contribution in [3.05, 3.63) is 71.3 Å². The summed E-state index contributed by atoms with van der Waals surface area (Å²) in [6.07, 6.45) is 0. The van der Waals surface area contributed by atoms with Gasteiger partial charge in [0.05, 0.1) is 0 Å². The summed E-state index contributed by atoms with van der Waals surface area (Å²) >= 11 is 1.91. The zero-order valence-electron chi connectivity index (χ0n) is 13.6. The number of rotatable bonds is 0. The van der Waals surface area contributed by atoms with E-state index < -0.39 is 0 Å². The molecule has 0 amide bonds. The largest absolute Gasteiger partial charge is 0.135 e. The quantitative estimate of drug-likeness (QED) is 0.340. The van der Waals surface area contributed by atoms with Crippen LogP contribution in [-0.4, -0.2) is 0 Å². The molecule has 1 heterocycles. The smallest absolute Gasteiger partial charge is 0.0361 e. The summed E-state index contributed by atoms with van der Waals surface area (Å²) in [6.45, 7) is 6.90. The molecule has 0 unspecified atom stereocenters. The Bertz CT molecular complexity index is 1100.